The van der Waals surface area contributed by atoms with E-state index in [2.05, 4.69) is 15.6 Å². The SMILES string of the molecule is CCOC(=O)[C@@H]1CN(c2ccc3c(c2)C(=O)N(C2CCC(=O)NC2=O)C3=O)CC[C@@H]1Nc1ccc(N)cn1. The van der Waals surface area contributed by atoms with Crippen LogP contribution in [0.5, 0.6) is 0 Å². The minimum atomic E-state index is -1.03. The van der Waals surface area contributed by atoms with Crippen molar-refractivity contribution in [1.29, 1.82) is 0 Å². The van der Waals surface area contributed by atoms with E-state index in [4.69, 9.17) is 10.5 Å². The molecule has 2 aromatic rings. The Hall–Kier alpha value is -4.48. The number of benzene rings is 1. The fourth-order valence-electron chi connectivity index (χ4n) is 5.18. The summed E-state index contributed by atoms with van der Waals surface area (Å²) in [6.07, 6.45) is 2.27. The fourth-order valence-corrected chi connectivity index (χ4v) is 5.18. The van der Waals surface area contributed by atoms with Gasteiger partial charge in [-0.2, -0.15) is 0 Å². The van der Waals surface area contributed by atoms with Gasteiger partial charge in [0.05, 0.1) is 35.5 Å². The van der Waals surface area contributed by atoms with E-state index in [-0.39, 0.29) is 42.6 Å². The van der Waals surface area contributed by atoms with Crippen molar-refractivity contribution >= 4 is 46.8 Å². The molecule has 3 aliphatic rings. The number of fused-ring (bicyclic) bond motifs is 1. The Balaban J connectivity index is 1.36. The van der Waals surface area contributed by atoms with Crippen molar-refractivity contribution in [2.24, 2.45) is 5.92 Å². The van der Waals surface area contributed by atoms with Crippen LogP contribution in [-0.4, -0.2) is 71.3 Å². The zero-order valence-electron chi connectivity index (χ0n) is 20.8. The molecule has 1 unspecified atom stereocenters. The summed E-state index contributed by atoms with van der Waals surface area (Å²) >= 11 is 0. The second-order valence-electron chi connectivity index (χ2n) is 9.50. The molecule has 12 nitrogen and oxygen atoms in total. The lowest BCUT2D eigenvalue weighted by molar-refractivity contribution is -0.148. The molecule has 0 aliphatic carbocycles. The summed E-state index contributed by atoms with van der Waals surface area (Å²) in [5.41, 5.74) is 7.33. The highest BCUT2D eigenvalue weighted by molar-refractivity contribution is 6.23. The number of anilines is 3. The smallest absolute Gasteiger partial charge is 0.312 e. The first-order chi connectivity index (χ1) is 18.3. The van der Waals surface area contributed by atoms with Crippen molar-refractivity contribution in [2.75, 3.05) is 35.6 Å². The molecular weight excluding hydrogens is 492 g/mol. The van der Waals surface area contributed by atoms with Crippen LogP contribution in [0.25, 0.3) is 0 Å². The average Bonchev–Trinajstić information content (AvgIpc) is 3.15. The monoisotopic (exact) mass is 520 g/mol. The van der Waals surface area contributed by atoms with Gasteiger partial charge in [0, 0.05) is 31.2 Å². The van der Waals surface area contributed by atoms with Crippen LogP contribution in [-0.2, 0) is 19.1 Å². The van der Waals surface area contributed by atoms with Crippen molar-refractivity contribution in [3.8, 4) is 0 Å². The maximum absolute atomic E-state index is 13.2. The van der Waals surface area contributed by atoms with Crippen LogP contribution in [0.3, 0.4) is 0 Å². The lowest BCUT2D eigenvalue weighted by Crippen LogP contribution is -2.54. The first-order valence-corrected chi connectivity index (χ1v) is 12.5. The highest BCUT2D eigenvalue weighted by Crippen LogP contribution is 2.33. The molecule has 4 amide bonds. The Morgan fingerprint density at radius 1 is 1.13 bits per heavy atom. The summed E-state index contributed by atoms with van der Waals surface area (Å²) in [5, 5.41) is 5.51. The van der Waals surface area contributed by atoms with Gasteiger partial charge in [0.15, 0.2) is 0 Å². The van der Waals surface area contributed by atoms with E-state index in [1.807, 2.05) is 4.90 Å². The molecule has 38 heavy (non-hydrogen) atoms. The number of rotatable bonds is 6. The minimum absolute atomic E-state index is 0.0547. The van der Waals surface area contributed by atoms with Gasteiger partial charge < -0.3 is 20.7 Å². The summed E-state index contributed by atoms with van der Waals surface area (Å²) in [7, 11) is 0. The molecule has 2 saturated heterocycles. The largest absolute Gasteiger partial charge is 0.466 e. The molecule has 0 bridgehead atoms. The molecule has 4 heterocycles. The zero-order valence-corrected chi connectivity index (χ0v) is 20.8. The Labute approximate surface area is 218 Å². The second kappa shape index (κ2) is 10.1. The van der Waals surface area contributed by atoms with Crippen molar-refractivity contribution in [3.63, 3.8) is 0 Å². The highest BCUT2D eigenvalue weighted by atomic mass is 16.5. The third kappa shape index (κ3) is 4.64. The van der Waals surface area contributed by atoms with Gasteiger partial charge in [0.1, 0.15) is 11.9 Å². The normalized spacial score (nSPS) is 23.2. The Kier molecular flexibility index (Phi) is 6.70. The van der Waals surface area contributed by atoms with Gasteiger partial charge >= 0.3 is 5.97 Å². The highest BCUT2D eigenvalue weighted by Gasteiger charge is 2.45. The van der Waals surface area contributed by atoms with Gasteiger partial charge in [0.25, 0.3) is 11.8 Å². The first kappa shape index (κ1) is 25.2. The number of nitrogens with one attached hydrogen (secondary N) is 2. The number of nitrogens with two attached hydrogens (primary N) is 1. The lowest BCUT2D eigenvalue weighted by Gasteiger charge is -2.39. The molecule has 4 N–H and O–H groups in total. The van der Waals surface area contributed by atoms with Crippen molar-refractivity contribution < 1.29 is 28.7 Å². The summed E-state index contributed by atoms with van der Waals surface area (Å²) < 4.78 is 5.34. The van der Waals surface area contributed by atoms with Gasteiger partial charge in [-0.1, -0.05) is 0 Å². The van der Waals surface area contributed by atoms with Crippen LogP contribution in [0, 0.1) is 5.92 Å². The van der Waals surface area contributed by atoms with E-state index in [1.54, 1.807) is 37.3 Å². The number of amides is 4. The van der Waals surface area contributed by atoms with E-state index in [0.717, 1.165) is 4.90 Å². The molecule has 1 aromatic heterocycles. The Morgan fingerprint density at radius 3 is 2.63 bits per heavy atom. The lowest BCUT2D eigenvalue weighted by atomic mass is 9.91. The quantitative estimate of drug-likeness (QED) is 0.369. The standard InChI is InChI=1S/C26H28N6O6/c1-2-38-26(37)18-13-31(10-9-19(18)29-21-7-3-14(27)12-28-21)15-4-5-16-17(11-15)25(36)32(24(16)35)20-6-8-22(33)30-23(20)34/h3-5,7,11-12,18-20H,2,6,8-10,13,27H2,1H3,(H,28,29)(H,30,33,34)/t18-,19+,20?/m1/s1. The van der Waals surface area contributed by atoms with Gasteiger partial charge in [-0.3, -0.25) is 34.2 Å². The van der Waals surface area contributed by atoms with E-state index < -0.39 is 35.6 Å². The van der Waals surface area contributed by atoms with Crippen molar-refractivity contribution in [2.45, 2.75) is 38.3 Å². The number of carbonyl (C=O) groups excluding carboxylic acids is 5. The number of nitrogens with zero attached hydrogens (tertiary/aromatic N) is 3. The number of piperidine rings is 2. The van der Waals surface area contributed by atoms with Crippen LogP contribution in [0.4, 0.5) is 17.2 Å². The van der Waals surface area contributed by atoms with Crippen LogP contribution in [0.15, 0.2) is 36.5 Å². The van der Waals surface area contributed by atoms with Crippen LogP contribution >= 0.6 is 0 Å². The number of esters is 1. The molecule has 1 aromatic carbocycles. The summed E-state index contributed by atoms with van der Waals surface area (Å²) in [6, 6.07) is 7.14. The molecule has 198 valence electrons. The van der Waals surface area contributed by atoms with E-state index >= 15 is 0 Å². The second-order valence-corrected chi connectivity index (χ2v) is 9.50. The number of imide groups is 2. The Bertz CT molecular complexity index is 1310. The Morgan fingerprint density at radius 2 is 1.92 bits per heavy atom. The van der Waals surface area contributed by atoms with Crippen LogP contribution in [0.1, 0.15) is 46.9 Å². The molecule has 5 rings (SSSR count). The molecule has 3 atom stereocenters. The zero-order chi connectivity index (χ0) is 27.0. The predicted molar refractivity (Wildman–Crippen MR) is 136 cm³/mol. The van der Waals surface area contributed by atoms with E-state index in [1.165, 1.54) is 6.20 Å². The number of aromatic nitrogens is 1. The summed E-state index contributed by atoms with van der Waals surface area (Å²) in [4.78, 5) is 70.2. The van der Waals surface area contributed by atoms with Gasteiger partial charge in [-0.25, -0.2) is 4.98 Å². The molecule has 3 aliphatic heterocycles. The fraction of sp³-hybridized carbons (Fsp3) is 0.385. The van der Waals surface area contributed by atoms with Crippen molar-refractivity contribution in [1.82, 2.24) is 15.2 Å². The average molecular weight is 521 g/mol. The predicted octanol–water partition coefficient (Wildman–Crippen LogP) is 0.935. The number of hydrogen-bond acceptors (Lipinski definition) is 10. The minimum Gasteiger partial charge on any atom is -0.466 e. The topological polar surface area (TPSA) is 164 Å². The van der Waals surface area contributed by atoms with Crippen molar-refractivity contribution in [3.05, 3.63) is 47.7 Å². The number of nitrogen functional groups attached to an aromatic ring is 1. The third-order valence-corrected chi connectivity index (χ3v) is 7.11. The van der Waals surface area contributed by atoms with Crippen LogP contribution in [0.2, 0.25) is 0 Å². The number of ether oxygens (including phenoxy) is 1. The molecule has 0 radical (unpaired) electrons. The number of carbonyl (C=O) groups is 5. The summed E-state index contributed by atoms with van der Waals surface area (Å²) in [6.45, 7) is 2.89. The van der Waals surface area contributed by atoms with Gasteiger partial charge in [-0.05, 0) is 50.1 Å². The van der Waals surface area contributed by atoms with E-state index in [9.17, 15) is 24.0 Å². The molecular formula is C26H28N6O6. The summed E-state index contributed by atoms with van der Waals surface area (Å²) in [5.74, 6) is -2.48. The molecule has 0 saturated carbocycles. The molecule has 2 fully saturated rings. The maximum Gasteiger partial charge on any atom is 0.312 e. The van der Waals surface area contributed by atoms with Crippen LogP contribution < -0.4 is 21.3 Å². The van der Waals surface area contributed by atoms with Gasteiger partial charge in [0.2, 0.25) is 11.8 Å². The maximum atomic E-state index is 13.2. The molecule has 12 heteroatoms. The third-order valence-electron chi connectivity index (χ3n) is 7.11. The molecule has 0 spiro atoms. The van der Waals surface area contributed by atoms with E-state index in [0.29, 0.717) is 36.7 Å². The van der Waals surface area contributed by atoms with Gasteiger partial charge in [-0.15, -0.1) is 0 Å². The number of hydrogen-bond donors (Lipinski definition) is 3. The first-order valence-electron chi connectivity index (χ1n) is 12.5. The number of pyridine rings is 1.